The lowest BCUT2D eigenvalue weighted by atomic mass is 10.1. The van der Waals surface area contributed by atoms with Crippen LogP contribution in [0.3, 0.4) is 0 Å². The van der Waals surface area contributed by atoms with Gasteiger partial charge in [0, 0.05) is 13.1 Å². The molecule has 124 valence electrons. The van der Waals surface area contributed by atoms with Crippen LogP contribution in [0.5, 0.6) is 5.75 Å². The highest BCUT2D eigenvalue weighted by molar-refractivity contribution is 7.89. The first-order valence-electron chi connectivity index (χ1n) is 6.97. The molecule has 0 saturated carbocycles. The Kier molecular flexibility index (Phi) is 6.87. The third kappa shape index (κ3) is 4.46. The fraction of sp³-hybridized carbons (Fsp3) is 0.467. The summed E-state index contributed by atoms with van der Waals surface area (Å²) in [5.41, 5.74) is 2.62. The van der Waals surface area contributed by atoms with Crippen molar-refractivity contribution in [2.75, 3.05) is 26.7 Å². The maximum atomic E-state index is 12.5. The first-order chi connectivity index (χ1) is 9.94. The smallest absolute Gasteiger partial charge is 0.241 e. The number of hydrogen-bond acceptors (Lipinski definition) is 4. The highest BCUT2D eigenvalue weighted by atomic mass is 35.5. The molecule has 22 heavy (non-hydrogen) atoms. The van der Waals surface area contributed by atoms with E-state index in [2.05, 4.69) is 10.0 Å². The van der Waals surface area contributed by atoms with Crippen LogP contribution in [0.4, 0.5) is 0 Å². The quantitative estimate of drug-likeness (QED) is 0.799. The van der Waals surface area contributed by atoms with Gasteiger partial charge in [-0.1, -0.05) is 11.6 Å². The van der Waals surface area contributed by atoms with E-state index in [1.165, 1.54) is 0 Å². The molecule has 0 aromatic heterocycles. The molecule has 0 unspecified atom stereocenters. The van der Waals surface area contributed by atoms with Gasteiger partial charge in [0.2, 0.25) is 10.0 Å². The molecule has 0 aliphatic carbocycles. The Hall–Kier alpha value is -1.08. The molecule has 0 bridgehead atoms. The maximum Gasteiger partial charge on any atom is 0.241 e. The maximum absolute atomic E-state index is 12.5. The number of ether oxygens (including phenoxy) is 1. The summed E-state index contributed by atoms with van der Waals surface area (Å²) in [5.74, 6) is 0.701. The lowest BCUT2D eigenvalue weighted by Crippen LogP contribution is -2.30. The van der Waals surface area contributed by atoms with Crippen LogP contribution in [0.15, 0.2) is 28.7 Å². The summed E-state index contributed by atoms with van der Waals surface area (Å²) in [6.07, 6.45) is 2.92. The van der Waals surface area contributed by atoms with E-state index in [1.54, 1.807) is 26.2 Å². The zero-order chi connectivity index (χ0) is 15.5. The van der Waals surface area contributed by atoms with Crippen LogP contribution in [-0.2, 0) is 10.0 Å². The Morgan fingerprint density at radius 3 is 2.59 bits per heavy atom. The predicted octanol–water partition coefficient (Wildman–Crippen LogP) is 1.93. The second kappa shape index (κ2) is 7.97. The Balaban J connectivity index is 0.00000242. The SMILES string of the molecule is COc1cc(C)c(S(=O)(=O)NCC2=CCNCC2)cc1C.Cl. The second-order valence-electron chi connectivity index (χ2n) is 5.23. The standard InChI is InChI=1S/C15H22N2O3S.ClH/c1-11-9-15(12(2)8-14(11)20-3)21(18,19)17-10-13-4-6-16-7-5-13;/h4,8-9,16-17H,5-7,10H2,1-3H3;1H. The minimum Gasteiger partial charge on any atom is -0.496 e. The number of halogens is 1. The summed E-state index contributed by atoms with van der Waals surface area (Å²) in [4.78, 5) is 0.315. The molecular formula is C15H23ClN2O3S. The largest absolute Gasteiger partial charge is 0.496 e. The molecule has 1 aromatic carbocycles. The highest BCUT2D eigenvalue weighted by Crippen LogP contribution is 2.25. The van der Waals surface area contributed by atoms with Crippen molar-refractivity contribution in [3.05, 3.63) is 34.9 Å². The molecule has 0 radical (unpaired) electrons. The molecule has 0 atom stereocenters. The summed E-state index contributed by atoms with van der Waals surface area (Å²) < 4.78 is 32.8. The molecule has 2 N–H and O–H groups in total. The third-order valence-electron chi connectivity index (χ3n) is 3.63. The van der Waals surface area contributed by atoms with Gasteiger partial charge in [-0.25, -0.2) is 13.1 Å². The van der Waals surface area contributed by atoms with E-state index < -0.39 is 10.0 Å². The number of hydrogen-bond donors (Lipinski definition) is 2. The topological polar surface area (TPSA) is 67.4 Å². The normalized spacial score (nSPS) is 15.0. The number of benzene rings is 1. The van der Waals surface area contributed by atoms with Crippen LogP contribution in [-0.4, -0.2) is 35.2 Å². The van der Waals surface area contributed by atoms with Gasteiger partial charge < -0.3 is 10.1 Å². The van der Waals surface area contributed by atoms with Gasteiger partial charge in [0.05, 0.1) is 12.0 Å². The molecule has 1 aromatic rings. The summed E-state index contributed by atoms with van der Waals surface area (Å²) in [6, 6.07) is 3.42. The van der Waals surface area contributed by atoms with Gasteiger partial charge in [-0.2, -0.15) is 0 Å². The van der Waals surface area contributed by atoms with Crippen LogP contribution in [0.1, 0.15) is 17.5 Å². The lowest BCUT2D eigenvalue weighted by molar-refractivity contribution is 0.411. The summed E-state index contributed by atoms with van der Waals surface area (Å²) in [5, 5.41) is 3.21. The first kappa shape index (κ1) is 19.0. The predicted molar refractivity (Wildman–Crippen MR) is 90.5 cm³/mol. The van der Waals surface area contributed by atoms with Crippen LogP contribution in [0.2, 0.25) is 0 Å². The van der Waals surface area contributed by atoms with Gasteiger partial charge in [0.25, 0.3) is 0 Å². The molecule has 7 heteroatoms. The molecule has 1 aliphatic rings. The molecule has 0 spiro atoms. The first-order valence-corrected chi connectivity index (χ1v) is 8.46. The van der Waals surface area contributed by atoms with Crippen LogP contribution in [0, 0.1) is 13.8 Å². The van der Waals surface area contributed by atoms with Gasteiger partial charge in [-0.15, -0.1) is 12.4 Å². The molecule has 1 heterocycles. The molecule has 0 fully saturated rings. The van der Waals surface area contributed by atoms with E-state index in [1.807, 2.05) is 13.0 Å². The van der Waals surface area contributed by atoms with Crippen molar-refractivity contribution in [3.8, 4) is 5.75 Å². The zero-order valence-corrected chi connectivity index (χ0v) is 14.7. The Morgan fingerprint density at radius 2 is 2.00 bits per heavy atom. The molecular weight excluding hydrogens is 324 g/mol. The van der Waals surface area contributed by atoms with E-state index in [9.17, 15) is 8.42 Å². The summed E-state index contributed by atoms with van der Waals surface area (Å²) in [7, 11) is -1.92. The van der Waals surface area contributed by atoms with Gasteiger partial charge in [0.1, 0.15) is 5.75 Å². The third-order valence-corrected chi connectivity index (χ3v) is 5.17. The van der Waals surface area contributed by atoms with Crippen molar-refractivity contribution in [1.29, 1.82) is 0 Å². The van der Waals surface area contributed by atoms with Gasteiger partial charge in [-0.05, 0) is 50.1 Å². The van der Waals surface area contributed by atoms with Crippen molar-refractivity contribution in [1.82, 2.24) is 10.0 Å². The number of sulfonamides is 1. The molecule has 5 nitrogen and oxygen atoms in total. The lowest BCUT2D eigenvalue weighted by Gasteiger charge is -2.16. The highest BCUT2D eigenvalue weighted by Gasteiger charge is 2.19. The van der Waals surface area contributed by atoms with E-state index in [0.29, 0.717) is 22.8 Å². The summed E-state index contributed by atoms with van der Waals surface area (Å²) in [6.45, 7) is 5.69. The number of methoxy groups -OCH3 is 1. The van der Waals surface area contributed by atoms with E-state index in [0.717, 1.165) is 30.6 Å². The Labute approximate surface area is 138 Å². The van der Waals surface area contributed by atoms with Gasteiger partial charge in [0.15, 0.2) is 0 Å². The fourth-order valence-corrected chi connectivity index (χ4v) is 3.71. The molecule has 0 amide bonds. The molecule has 0 saturated heterocycles. The van der Waals surface area contributed by atoms with Crippen molar-refractivity contribution in [2.45, 2.75) is 25.2 Å². The molecule has 1 aliphatic heterocycles. The number of aryl methyl sites for hydroxylation is 2. The zero-order valence-electron chi connectivity index (χ0n) is 13.1. The Morgan fingerprint density at radius 1 is 1.27 bits per heavy atom. The minimum atomic E-state index is -3.50. The van der Waals surface area contributed by atoms with Crippen LogP contribution < -0.4 is 14.8 Å². The average Bonchev–Trinajstić information content (AvgIpc) is 2.48. The van der Waals surface area contributed by atoms with Crippen molar-refractivity contribution in [2.24, 2.45) is 0 Å². The average molecular weight is 347 g/mol. The Bertz CT molecular complexity index is 657. The van der Waals surface area contributed by atoms with Crippen molar-refractivity contribution in [3.63, 3.8) is 0 Å². The van der Waals surface area contributed by atoms with Crippen molar-refractivity contribution < 1.29 is 13.2 Å². The monoisotopic (exact) mass is 346 g/mol. The van der Waals surface area contributed by atoms with E-state index >= 15 is 0 Å². The van der Waals surface area contributed by atoms with Gasteiger partial charge >= 0.3 is 0 Å². The fourth-order valence-electron chi connectivity index (χ4n) is 2.37. The summed E-state index contributed by atoms with van der Waals surface area (Å²) >= 11 is 0. The van der Waals surface area contributed by atoms with E-state index in [4.69, 9.17) is 4.74 Å². The number of nitrogens with one attached hydrogen (secondary N) is 2. The van der Waals surface area contributed by atoms with E-state index in [-0.39, 0.29) is 12.4 Å². The van der Waals surface area contributed by atoms with Crippen LogP contribution in [0.25, 0.3) is 0 Å². The second-order valence-corrected chi connectivity index (χ2v) is 6.96. The van der Waals surface area contributed by atoms with Crippen LogP contribution >= 0.6 is 12.4 Å². The molecule has 2 rings (SSSR count). The van der Waals surface area contributed by atoms with Gasteiger partial charge in [-0.3, -0.25) is 0 Å². The van der Waals surface area contributed by atoms with Crippen molar-refractivity contribution >= 4 is 22.4 Å². The number of rotatable bonds is 5. The minimum absolute atomic E-state index is 0.